The first-order valence-corrected chi connectivity index (χ1v) is 12.4. The zero-order valence-electron chi connectivity index (χ0n) is 21.2. The van der Waals surface area contributed by atoms with Crippen LogP contribution in [0.1, 0.15) is 22.6 Å². The summed E-state index contributed by atoms with van der Waals surface area (Å²) >= 11 is 0. The molecule has 0 fully saturated rings. The van der Waals surface area contributed by atoms with E-state index >= 15 is 8.78 Å². The minimum Gasteiger partial charge on any atom is -0.464 e. The highest BCUT2D eigenvalue weighted by Gasteiger charge is 2.48. The van der Waals surface area contributed by atoms with Gasteiger partial charge in [0.1, 0.15) is 29.9 Å². The maximum atomic E-state index is 15.3. The first kappa shape index (κ1) is 24.8. The lowest BCUT2D eigenvalue weighted by Crippen LogP contribution is -2.43. The molecule has 4 heterocycles. The van der Waals surface area contributed by atoms with Gasteiger partial charge in [-0.05, 0) is 44.4 Å². The topological polar surface area (TPSA) is 107 Å². The first-order valence-electron chi connectivity index (χ1n) is 12.4. The fourth-order valence-electron chi connectivity index (χ4n) is 5.29. The number of aromatic amines is 2. The molecule has 1 aliphatic heterocycles. The Labute approximate surface area is 221 Å². The van der Waals surface area contributed by atoms with Gasteiger partial charge in [0, 0.05) is 41.7 Å². The number of hydrogen-bond acceptors (Lipinski definition) is 7. The third-order valence-electron chi connectivity index (χ3n) is 7.12. The van der Waals surface area contributed by atoms with Crippen LogP contribution in [-0.2, 0) is 16.1 Å². The maximum Gasteiger partial charge on any atom is 0.329 e. The van der Waals surface area contributed by atoms with Crippen molar-refractivity contribution in [3.8, 4) is 0 Å². The molecule has 2 N–H and O–H groups in total. The fourth-order valence-corrected chi connectivity index (χ4v) is 5.29. The van der Waals surface area contributed by atoms with Gasteiger partial charge >= 0.3 is 5.97 Å². The molecule has 6 rings (SSSR count). The van der Waals surface area contributed by atoms with E-state index in [1.165, 1.54) is 37.0 Å². The fraction of sp³-hybridized carbons (Fsp3) is 0.250. The predicted molar refractivity (Wildman–Crippen MR) is 141 cm³/mol. The Balaban J connectivity index is 1.55. The van der Waals surface area contributed by atoms with Crippen LogP contribution >= 0.6 is 0 Å². The molecule has 2 atom stereocenters. The van der Waals surface area contributed by atoms with Crippen LogP contribution in [0.25, 0.3) is 22.0 Å². The summed E-state index contributed by atoms with van der Waals surface area (Å²) in [6.45, 7) is 0.466. The number of aromatic nitrogens is 3. The van der Waals surface area contributed by atoms with Crippen LogP contribution in [0.2, 0.25) is 0 Å². The zero-order chi connectivity index (χ0) is 27.3. The molecule has 0 spiro atoms. The van der Waals surface area contributed by atoms with Crippen LogP contribution in [0.5, 0.6) is 0 Å². The lowest BCUT2D eigenvalue weighted by Gasteiger charge is -2.29. The summed E-state index contributed by atoms with van der Waals surface area (Å²) in [6, 6.07) is 7.88. The SMILES string of the molecule is CN(C)CCOC(=O)C1C(c2ccc[nH]c2=O)c2c(cc(F)c3ccoc23)N1Cc1cc2nc[nH]c2cc1F. The molecule has 5 aromatic rings. The summed E-state index contributed by atoms with van der Waals surface area (Å²) in [7, 11) is 3.70. The number of carbonyl (C=O) groups is 1. The zero-order valence-corrected chi connectivity index (χ0v) is 21.2. The molecular formula is C28H25F2N5O4. The van der Waals surface area contributed by atoms with Gasteiger partial charge in [0.05, 0.1) is 34.9 Å². The van der Waals surface area contributed by atoms with E-state index < -0.39 is 35.1 Å². The highest BCUT2D eigenvalue weighted by atomic mass is 19.1. The van der Waals surface area contributed by atoms with Gasteiger partial charge in [0.15, 0.2) is 0 Å². The molecule has 3 aromatic heterocycles. The number of anilines is 1. The van der Waals surface area contributed by atoms with Crippen LogP contribution in [-0.4, -0.2) is 59.1 Å². The summed E-state index contributed by atoms with van der Waals surface area (Å²) < 4.78 is 42.0. The summed E-state index contributed by atoms with van der Waals surface area (Å²) in [6.07, 6.45) is 4.31. The summed E-state index contributed by atoms with van der Waals surface area (Å²) in [4.78, 5) is 40.0. The van der Waals surface area contributed by atoms with E-state index in [2.05, 4.69) is 15.0 Å². The van der Waals surface area contributed by atoms with Crippen molar-refractivity contribution in [2.75, 3.05) is 32.1 Å². The normalized spacial score (nSPS) is 16.9. The highest BCUT2D eigenvalue weighted by molar-refractivity contribution is 5.95. The predicted octanol–water partition coefficient (Wildman–Crippen LogP) is 3.90. The molecule has 39 heavy (non-hydrogen) atoms. The molecule has 200 valence electrons. The van der Waals surface area contributed by atoms with Crippen molar-refractivity contribution in [3.05, 3.63) is 93.9 Å². The Bertz CT molecular complexity index is 1760. The minimum absolute atomic E-state index is 0.0997. The number of benzene rings is 2. The molecule has 1 aliphatic rings. The van der Waals surface area contributed by atoms with Crippen molar-refractivity contribution in [2.24, 2.45) is 0 Å². The van der Waals surface area contributed by atoms with Gasteiger partial charge in [0.2, 0.25) is 0 Å². The molecule has 0 aliphatic carbocycles. The number of fused-ring (bicyclic) bond motifs is 4. The molecule has 2 aromatic carbocycles. The quantitative estimate of drug-likeness (QED) is 0.306. The van der Waals surface area contributed by atoms with Gasteiger partial charge in [0.25, 0.3) is 5.56 Å². The number of halogens is 2. The lowest BCUT2D eigenvalue weighted by molar-refractivity contribution is -0.145. The molecule has 0 radical (unpaired) electrons. The Hall–Kier alpha value is -4.51. The molecule has 0 saturated heterocycles. The molecular weight excluding hydrogens is 508 g/mol. The van der Waals surface area contributed by atoms with E-state index in [0.29, 0.717) is 28.8 Å². The van der Waals surface area contributed by atoms with Gasteiger partial charge in [-0.2, -0.15) is 0 Å². The summed E-state index contributed by atoms with van der Waals surface area (Å²) in [5, 5.41) is 0.219. The number of rotatable bonds is 7. The van der Waals surface area contributed by atoms with Crippen LogP contribution in [0.3, 0.4) is 0 Å². The molecule has 0 amide bonds. The lowest BCUT2D eigenvalue weighted by atomic mass is 9.87. The van der Waals surface area contributed by atoms with Gasteiger partial charge in [-0.25, -0.2) is 18.6 Å². The summed E-state index contributed by atoms with van der Waals surface area (Å²) in [5.41, 5.74) is 2.18. The van der Waals surface area contributed by atoms with Crippen molar-refractivity contribution in [2.45, 2.75) is 18.5 Å². The van der Waals surface area contributed by atoms with Crippen molar-refractivity contribution in [1.82, 2.24) is 19.9 Å². The van der Waals surface area contributed by atoms with Crippen molar-refractivity contribution < 1.29 is 22.7 Å². The number of carbonyl (C=O) groups excluding carboxylic acids is 1. The van der Waals surface area contributed by atoms with Crippen molar-refractivity contribution >= 4 is 33.7 Å². The van der Waals surface area contributed by atoms with E-state index in [9.17, 15) is 9.59 Å². The number of hydrogen-bond donors (Lipinski definition) is 2. The highest BCUT2D eigenvalue weighted by Crippen LogP contribution is 2.49. The number of esters is 1. The Morgan fingerprint density at radius 3 is 2.82 bits per heavy atom. The van der Waals surface area contributed by atoms with Crippen LogP contribution in [0.15, 0.2) is 64.4 Å². The third kappa shape index (κ3) is 4.24. The number of pyridine rings is 1. The standard InChI is InChI=1S/C28H25F2N5O4/c1-34(2)7-9-39-28(37)25-23(17-4-3-6-31-27(17)36)24-22(12-19(30)16-5-8-38-26(16)24)35(25)13-15-10-20-21(11-18(15)29)33-14-32-20/h3-6,8,10-12,14,23,25H,7,9,13H2,1-2H3,(H,31,36)(H,32,33). The molecule has 0 bridgehead atoms. The maximum absolute atomic E-state index is 15.3. The second-order valence-electron chi connectivity index (χ2n) is 9.79. The van der Waals surface area contributed by atoms with E-state index in [0.717, 1.165) is 0 Å². The van der Waals surface area contributed by atoms with E-state index in [1.54, 1.807) is 23.1 Å². The van der Waals surface area contributed by atoms with E-state index in [1.807, 2.05) is 19.0 Å². The number of furan rings is 1. The average molecular weight is 534 g/mol. The van der Waals surface area contributed by atoms with E-state index in [4.69, 9.17) is 9.15 Å². The smallest absolute Gasteiger partial charge is 0.329 e. The van der Waals surface area contributed by atoms with Crippen LogP contribution < -0.4 is 10.5 Å². The summed E-state index contributed by atoms with van der Waals surface area (Å²) in [5.74, 6) is -2.58. The number of H-pyrrole nitrogens is 2. The first-order chi connectivity index (χ1) is 18.8. The van der Waals surface area contributed by atoms with Crippen LogP contribution in [0.4, 0.5) is 14.5 Å². The van der Waals surface area contributed by atoms with Gasteiger partial charge in [-0.15, -0.1) is 0 Å². The van der Waals surface area contributed by atoms with Crippen molar-refractivity contribution in [1.29, 1.82) is 0 Å². The molecule has 0 saturated carbocycles. The second-order valence-corrected chi connectivity index (χ2v) is 9.79. The van der Waals surface area contributed by atoms with Gasteiger partial charge in [-0.1, -0.05) is 6.07 Å². The molecule has 9 nitrogen and oxygen atoms in total. The number of nitrogens with zero attached hydrogens (tertiary/aromatic N) is 3. The van der Waals surface area contributed by atoms with Crippen LogP contribution in [0, 0.1) is 11.6 Å². The minimum atomic E-state index is -1.10. The molecule has 2 unspecified atom stereocenters. The third-order valence-corrected chi connectivity index (χ3v) is 7.12. The molecule has 11 heteroatoms. The number of ether oxygens (including phenoxy) is 1. The number of nitrogens with one attached hydrogen (secondary N) is 2. The largest absolute Gasteiger partial charge is 0.464 e. The second kappa shape index (κ2) is 9.66. The monoisotopic (exact) mass is 533 g/mol. The number of likely N-dealkylation sites (N-methyl/N-ethyl adjacent to an activating group) is 1. The Kier molecular flexibility index (Phi) is 6.15. The van der Waals surface area contributed by atoms with E-state index in [-0.39, 0.29) is 35.2 Å². The number of imidazole rings is 1. The Morgan fingerprint density at radius 1 is 1.18 bits per heavy atom. The van der Waals surface area contributed by atoms with Crippen molar-refractivity contribution in [3.63, 3.8) is 0 Å². The van der Waals surface area contributed by atoms with Gasteiger partial charge < -0.3 is 28.9 Å². The average Bonchev–Trinajstić information content (AvgIpc) is 3.62. The Morgan fingerprint density at radius 2 is 2.03 bits per heavy atom. The van der Waals surface area contributed by atoms with Gasteiger partial charge in [-0.3, -0.25) is 4.79 Å².